The van der Waals surface area contributed by atoms with E-state index in [0.717, 1.165) is 35.5 Å². The van der Waals surface area contributed by atoms with Crippen molar-refractivity contribution in [1.82, 2.24) is 9.97 Å². The first-order valence-electron chi connectivity index (χ1n) is 11.8. The first-order chi connectivity index (χ1) is 19.0. The molecule has 1 aliphatic heterocycles. The number of benzene rings is 3. The van der Waals surface area contributed by atoms with Gasteiger partial charge in [-0.15, -0.1) is 0 Å². The number of nitrogens with one attached hydrogen (secondary N) is 4. The predicted octanol–water partition coefficient (Wildman–Crippen LogP) is 6.99. The molecule has 3 aromatic carbocycles. The van der Waals surface area contributed by atoms with E-state index in [9.17, 15) is 18.0 Å². The van der Waals surface area contributed by atoms with Crippen LogP contribution in [0.15, 0.2) is 79.0 Å². The maximum atomic E-state index is 12.6. The number of urea groups is 1. The van der Waals surface area contributed by atoms with Crippen LogP contribution in [0.2, 0.25) is 5.02 Å². The molecule has 1 aliphatic rings. The number of carbonyl (C=O) groups excluding carboxylic acids is 1. The zero-order valence-corrected chi connectivity index (χ0v) is 21.3. The number of para-hydroxylation sites is 1. The Bertz CT molecular complexity index is 1520. The number of aryl methyl sites for hydroxylation is 2. The molecule has 5 rings (SSSR count). The number of hydrogen-bond donors (Lipinski definition) is 5. The fourth-order valence-electron chi connectivity index (χ4n) is 3.67. The van der Waals surface area contributed by atoms with Crippen molar-refractivity contribution in [2.24, 2.45) is 0 Å². The van der Waals surface area contributed by atoms with E-state index in [1.807, 2.05) is 60.7 Å². The fraction of sp³-hybridized carbons (Fsp3) is 0.111. The number of carboxylic acid groups (broad SMARTS) is 1. The molecule has 206 valence electrons. The molecule has 0 fully saturated rings. The van der Waals surface area contributed by atoms with Gasteiger partial charge in [0.05, 0.1) is 6.20 Å². The maximum absolute atomic E-state index is 12.6. The number of halogens is 4. The van der Waals surface area contributed by atoms with Gasteiger partial charge in [-0.1, -0.05) is 41.9 Å². The number of amides is 2. The quantitative estimate of drug-likeness (QED) is 0.176. The van der Waals surface area contributed by atoms with Crippen LogP contribution in [0.3, 0.4) is 0 Å². The van der Waals surface area contributed by atoms with Crippen LogP contribution in [-0.4, -0.2) is 33.3 Å². The van der Waals surface area contributed by atoms with E-state index in [1.165, 1.54) is 5.56 Å². The average Bonchev–Trinajstić information content (AvgIpc) is 2.90. The number of carboxylic acids is 1. The summed E-state index contributed by atoms with van der Waals surface area (Å²) in [5.74, 6) is -1.84. The minimum atomic E-state index is -5.08. The second-order valence-corrected chi connectivity index (χ2v) is 8.91. The van der Waals surface area contributed by atoms with Gasteiger partial charge in [0.1, 0.15) is 5.02 Å². The first kappa shape index (κ1) is 28.2. The SMILES string of the molecule is O=C(Nc1ccccc1)Nc1cc2cc(c1)Nc1nc(ncc1Cl)Nc1cccc(c1)CC2.O=C(O)C(F)(F)F. The summed E-state index contributed by atoms with van der Waals surface area (Å²) in [6.45, 7) is 0. The summed E-state index contributed by atoms with van der Waals surface area (Å²) in [5.41, 5.74) is 5.30. The largest absolute Gasteiger partial charge is 0.490 e. The number of nitrogens with zero attached hydrogens (tertiary/aromatic N) is 2. The van der Waals surface area contributed by atoms with Crippen LogP contribution < -0.4 is 21.3 Å². The van der Waals surface area contributed by atoms with Crippen molar-refractivity contribution >= 4 is 58.1 Å². The van der Waals surface area contributed by atoms with E-state index in [0.29, 0.717) is 22.5 Å². The minimum absolute atomic E-state index is 0.318. The lowest BCUT2D eigenvalue weighted by Gasteiger charge is -2.14. The van der Waals surface area contributed by atoms with E-state index in [2.05, 4.69) is 43.4 Å². The highest BCUT2D eigenvalue weighted by Crippen LogP contribution is 2.29. The molecule has 40 heavy (non-hydrogen) atoms. The molecule has 0 radical (unpaired) electrons. The number of anilines is 6. The predicted molar refractivity (Wildman–Crippen MR) is 147 cm³/mol. The summed E-state index contributed by atoms with van der Waals surface area (Å²) in [5, 5.41) is 19.8. The molecule has 0 spiro atoms. The molecule has 2 amide bonds. The molecule has 4 aromatic rings. The van der Waals surface area contributed by atoms with Crippen LogP contribution in [0.4, 0.5) is 52.5 Å². The smallest absolute Gasteiger partial charge is 0.475 e. The Morgan fingerprint density at radius 1 is 0.850 bits per heavy atom. The van der Waals surface area contributed by atoms with Crippen molar-refractivity contribution in [3.8, 4) is 0 Å². The topological polar surface area (TPSA) is 128 Å². The molecule has 0 saturated heterocycles. The highest BCUT2D eigenvalue weighted by molar-refractivity contribution is 6.32. The van der Waals surface area contributed by atoms with Crippen molar-refractivity contribution in [2.45, 2.75) is 19.0 Å². The summed E-state index contributed by atoms with van der Waals surface area (Å²) in [4.78, 5) is 30.3. The molecule has 0 unspecified atom stereocenters. The van der Waals surface area contributed by atoms with Crippen molar-refractivity contribution in [1.29, 1.82) is 0 Å². The molecule has 5 N–H and O–H groups in total. The molecule has 1 aromatic heterocycles. The van der Waals surface area contributed by atoms with E-state index in [-0.39, 0.29) is 6.03 Å². The fourth-order valence-corrected chi connectivity index (χ4v) is 3.81. The third kappa shape index (κ3) is 8.08. The Kier molecular flexibility index (Phi) is 8.70. The molecular weight excluding hydrogens is 549 g/mol. The molecule has 0 saturated carbocycles. The lowest BCUT2D eigenvalue weighted by Crippen LogP contribution is -2.21. The normalized spacial score (nSPS) is 12.0. The van der Waals surface area contributed by atoms with Crippen LogP contribution in [0, 0.1) is 0 Å². The Balaban J connectivity index is 0.000000470. The molecule has 6 bridgehead atoms. The monoisotopic (exact) mass is 570 g/mol. The highest BCUT2D eigenvalue weighted by Gasteiger charge is 2.38. The first-order valence-corrected chi connectivity index (χ1v) is 12.2. The van der Waals surface area contributed by atoms with Crippen molar-refractivity contribution in [3.05, 3.63) is 95.1 Å². The Morgan fingerprint density at radius 2 is 1.52 bits per heavy atom. The minimum Gasteiger partial charge on any atom is -0.475 e. The van der Waals surface area contributed by atoms with Crippen LogP contribution in [0.1, 0.15) is 11.1 Å². The maximum Gasteiger partial charge on any atom is 0.490 e. The van der Waals surface area contributed by atoms with Gasteiger partial charge in [0, 0.05) is 22.7 Å². The van der Waals surface area contributed by atoms with Gasteiger partial charge in [-0.2, -0.15) is 18.2 Å². The summed E-state index contributed by atoms with van der Waals surface area (Å²) < 4.78 is 31.7. The van der Waals surface area contributed by atoms with E-state index >= 15 is 0 Å². The highest BCUT2D eigenvalue weighted by atomic mass is 35.5. The molecule has 13 heteroatoms. The molecule has 0 aliphatic carbocycles. The average molecular weight is 571 g/mol. The van der Waals surface area contributed by atoms with E-state index in [4.69, 9.17) is 21.5 Å². The number of alkyl halides is 3. The molecule has 0 atom stereocenters. The number of fused-ring (bicyclic) bond motifs is 6. The zero-order chi connectivity index (χ0) is 28.7. The summed E-state index contributed by atoms with van der Waals surface area (Å²) in [6, 6.07) is 23.0. The summed E-state index contributed by atoms with van der Waals surface area (Å²) in [7, 11) is 0. The third-order valence-corrected chi connectivity index (χ3v) is 5.69. The lowest BCUT2D eigenvalue weighted by atomic mass is 10.0. The van der Waals surface area contributed by atoms with Gasteiger partial charge in [-0.05, 0) is 66.4 Å². The van der Waals surface area contributed by atoms with Crippen LogP contribution in [-0.2, 0) is 17.6 Å². The van der Waals surface area contributed by atoms with Crippen LogP contribution in [0.25, 0.3) is 0 Å². The van der Waals surface area contributed by atoms with E-state index < -0.39 is 12.1 Å². The number of rotatable bonds is 2. The number of hydrogen-bond acceptors (Lipinski definition) is 6. The standard InChI is InChI=1S/C25H21ClN6O.C2HF3O2/c26-22-15-27-24-29-19-8-4-5-16(11-19)9-10-17-12-20(28-23(22)32-24)14-21(13-17)31-25(33)30-18-6-2-1-3-7-18;3-2(4,5)1(6)7/h1-8,11-15H,9-10H2,(H2,30,31,33)(H2,27,28,29,32);(H,6,7). The number of aliphatic carboxylic acids is 1. The van der Waals surface area contributed by atoms with Gasteiger partial charge in [0.2, 0.25) is 5.95 Å². The Morgan fingerprint density at radius 3 is 2.25 bits per heavy atom. The van der Waals surface area contributed by atoms with Crippen molar-refractivity contribution < 1.29 is 27.9 Å². The summed E-state index contributed by atoms with van der Waals surface area (Å²) in [6.07, 6.45) is -1.89. The second-order valence-electron chi connectivity index (χ2n) is 8.51. The number of aromatic nitrogens is 2. The molecular formula is C27H22ClF3N6O3. The van der Waals surface area contributed by atoms with Gasteiger partial charge in [0.15, 0.2) is 5.82 Å². The molecule has 2 heterocycles. The Hall–Kier alpha value is -4.84. The third-order valence-electron chi connectivity index (χ3n) is 5.42. The lowest BCUT2D eigenvalue weighted by molar-refractivity contribution is -0.192. The van der Waals surface area contributed by atoms with Crippen molar-refractivity contribution in [3.63, 3.8) is 0 Å². The number of carbonyl (C=O) groups is 2. The Labute approximate surface area is 231 Å². The summed E-state index contributed by atoms with van der Waals surface area (Å²) >= 11 is 6.35. The van der Waals surface area contributed by atoms with Gasteiger partial charge in [-0.3, -0.25) is 0 Å². The van der Waals surface area contributed by atoms with Gasteiger partial charge < -0.3 is 26.4 Å². The van der Waals surface area contributed by atoms with E-state index in [1.54, 1.807) is 6.20 Å². The molecule has 9 nitrogen and oxygen atoms in total. The zero-order valence-electron chi connectivity index (χ0n) is 20.6. The van der Waals surface area contributed by atoms with Gasteiger partial charge in [0.25, 0.3) is 0 Å². The second kappa shape index (κ2) is 12.3. The van der Waals surface area contributed by atoms with Gasteiger partial charge in [-0.25, -0.2) is 14.6 Å². The van der Waals surface area contributed by atoms with Gasteiger partial charge >= 0.3 is 18.2 Å². The van der Waals surface area contributed by atoms with Crippen molar-refractivity contribution in [2.75, 3.05) is 21.3 Å². The van der Waals surface area contributed by atoms with Crippen LogP contribution in [0.5, 0.6) is 0 Å². The van der Waals surface area contributed by atoms with Crippen LogP contribution >= 0.6 is 11.6 Å².